The first-order valence-corrected chi connectivity index (χ1v) is 9.10. The molecule has 1 aliphatic heterocycles. The van der Waals surface area contributed by atoms with Crippen LogP contribution in [0.25, 0.3) is 11.0 Å². The second-order valence-corrected chi connectivity index (χ2v) is 7.43. The van der Waals surface area contributed by atoms with Crippen LogP contribution in [0.4, 0.5) is 0 Å². The summed E-state index contributed by atoms with van der Waals surface area (Å²) in [5.41, 5.74) is 0.759. The Labute approximate surface area is 145 Å². The Morgan fingerprint density at radius 1 is 1.39 bits per heavy atom. The highest BCUT2D eigenvalue weighted by Gasteiger charge is 2.20. The van der Waals surface area contributed by atoms with Gasteiger partial charge in [-0.15, -0.1) is 11.3 Å². The molecule has 3 heterocycles. The monoisotopic (exact) mass is 352 g/mol. The Balaban J connectivity index is 1.61. The molecule has 7 heteroatoms. The number of carbonyl (C=O) groups excluding carboxylic acids is 1. The van der Waals surface area contributed by atoms with Gasteiger partial charge >= 0.3 is 0 Å². The average molecular weight is 353 g/mol. The third kappa shape index (κ3) is 3.76. The Bertz CT molecular complexity index is 713. The summed E-state index contributed by atoms with van der Waals surface area (Å²) in [6, 6.07) is 0. The van der Waals surface area contributed by atoms with Crippen molar-refractivity contribution in [3.05, 3.63) is 28.5 Å². The molecule has 2 aromatic heterocycles. The van der Waals surface area contributed by atoms with Gasteiger partial charge in [0.05, 0.1) is 5.69 Å². The summed E-state index contributed by atoms with van der Waals surface area (Å²) in [6.07, 6.45) is 5.27. The normalized spacial score (nSPS) is 17.0. The van der Waals surface area contributed by atoms with Crippen molar-refractivity contribution < 1.29 is 4.79 Å². The van der Waals surface area contributed by atoms with E-state index in [4.69, 9.17) is 11.6 Å². The van der Waals surface area contributed by atoms with Gasteiger partial charge in [-0.1, -0.05) is 25.4 Å². The minimum absolute atomic E-state index is 0.0374. The van der Waals surface area contributed by atoms with E-state index in [9.17, 15) is 4.79 Å². The lowest BCUT2D eigenvalue weighted by molar-refractivity contribution is -0.127. The summed E-state index contributed by atoms with van der Waals surface area (Å²) in [4.78, 5) is 21.8. The van der Waals surface area contributed by atoms with Crippen LogP contribution in [-0.4, -0.2) is 57.8 Å². The van der Waals surface area contributed by atoms with Gasteiger partial charge in [0, 0.05) is 50.4 Å². The Morgan fingerprint density at radius 3 is 2.83 bits per heavy atom. The van der Waals surface area contributed by atoms with E-state index < -0.39 is 0 Å². The third-order valence-electron chi connectivity index (χ3n) is 3.95. The second-order valence-electron chi connectivity index (χ2n) is 6.20. The maximum Gasteiger partial charge on any atom is 0.246 e. The van der Waals surface area contributed by atoms with E-state index >= 15 is 0 Å². The van der Waals surface area contributed by atoms with Crippen molar-refractivity contribution in [2.45, 2.75) is 13.8 Å². The van der Waals surface area contributed by atoms with Crippen molar-refractivity contribution >= 4 is 39.9 Å². The molecule has 0 unspecified atom stereocenters. The van der Waals surface area contributed by atoms with Gasteiger partial charge in [0.15, 0.2) is 10.1 Å². The molecule has 0 spiro atoms. The lowest BCUT2D eigenvalue weighted by atomic mass is 10.2. The molecular weight excluding hydrogens is 332 g/mol. The molecule has 2 aromatic rings. The number of hydrogen-bond donors (Lipinski definition) is 0. The highest BCUT2D eigenvalue weighted by atomic mass is 35.5. The maximum absolute atomic E-state index is 12.4. The molecule has 3 rings (SSSR count). The minimum Gasteiger partial charge on any atom is -0.337 e. The first-order valence-electron chi connectivity index (χ1n) is 7.85. The van der Waals surface area contributed by atoms with Crippen molar-refractivity contribution in [1.29, 1.82) is 0 Å². The predicted molar refractivity (Wildman–Crippen MR) is 95.0 cm³/mol. The molecule has 124 valence electrons. The molecule has 0 bridgehead atoms. The molecule has 0 aromatic carbocycles. The average Bonchev–Trinajstić information content (AvgIpc) is 3.06. The largest absolute Gasteiger partial charge is 0.337 e. The number of hydrogen-bond acceptors (Lipinski definition) is 4. The van der Waals surface area contributed by atoms with Gasteiger partial charge in [-0.2, -0.15) is 0 Å². The van der Waals surface area contributed by atoms with E-state index in [0.29, 0.717) is 11.1 Å². The van der Waals surface area contributed by atoms with E-state index in [-0.39, 0.29) is 5.91 Å². The number of halogens is 1. The zero-order valence-corrected chi connectivity index (χ0v) is 15.0. The highest BCUT2D eigenvalue weighted by Crippen LogP contribution is 2.22. The van der Waals surface area contributed by atoms with Gasteiger partial charge in [0.2, 0.25) is 5.91 Å². The van der Waals surface area contributed by atoms with Gasteiger partial charge < -0.3 is 4.90 Å². The maximum atomic E-state index is 12.4. The molecule has 23 heavy (non-hydrogen) atoms. The number of fused-ring (bicyclic) bond motifs is 1. The standard InChI is InChI=1S/C16H21ClN4OS/c1-12(2)11-19-5-7-20(8-6-19)14(22)4-3-13-15(17)18-16-21(13)9-10-23-16/h3-4,9-10,12H,5-8,11H2,1-2H3/b4-3+. The molecule has 1 saturated heterocycles. The van der Waals surface area contributed by atoms with Crippen LogP contribution < -0.4 is 0 Å². The molecule has 0 atom stereocenters. The van der Waals surface area contributed by atoms with Gasteiger partial charge in [-0.25, -0.2) is 4.98 Å². The smallest absolute Gasteiger partial charge is 0.246 e. The van der Waals surface area contributed by atoms with E-state index in [1.807, 2.05) is 20.9 Å². The molecule has 1 fully saturated rings. The van der Waals surface area contributed by atoms with Crippen LogP contribution in [0.1, 0.15) is 19.5 Å². The first kappa shape index (κ1) is 16.5. The second kappa shape index (κ2) is 7.03. The van der Waals surface area contributed by atoms with E-state index in [1.54, 1.807) is 12.2 Å². The number of thiazole rings is 1. The zero-order chi connectivity index (χ0) is 16.4. The SMILES string of the molecule is CC(C)CN1CCN(C(=O)/C=C/c2c(Cl)nc3sccn23)CC1. The summed E-state index contributed by atoms with van der Waals surface area (Å²) >= 11 is 7.66. The number of piperazine rings is 1. The zero-order valence-electron chi connectivity index (χ0n) is 13.4. The quantitative estimate of drug-likeness (QED) is 0.794. The fourth-order valence-electron chi connectivity index (χ4n) is 2.85. The van der Waals surface area contributed by atoms with Crippen LogP contribution in [0.2, 0.25) is 5.15 Å². The van der Waals surface area contributed by atoms with E-state index in [0.717, 1.165) is 43.4 Å². The van der Waals surface area contributed by atoms with Gasteiger partial charge in [-0.3, -0.25) is 14.1 Å². The van der Waals surface area contributed by atoms with Crippen molar-refractivity contribution in [3.63, 3.8) is 0 Å². The molecular formula is C16H21ClN4OS. The van der Waals surface area contributed by atoms with Crippen molar-refractivity contribution in [2.24, 2.45) is 5.92 Å². The number of nitrogens with zero attached hydrogens (tertiary/aromatic N) is 4. The van der Waals surface area contributed by atoms with Crippen LogP contribution in [0.3, 0.4) is 0 Å². The lowest BCUT2D eigenvalue weighted by Gasteiger charge is -2.35. The molecule has 0 radical (unpaired) electrons. The number of amides is 1. The number of rotatable bonds is 4. The van der Waals surface area contributed by atoms with Crippen LogP contribution in [0.15, 0.2) is 17.7 Å². The molecule has 0 aliphatic carbocycles. The summed E-state index contributed by atoms with van der Waals surface area (Å²) in [5.74, 6) is 0.699. The molecule has 0 saturated carbocycles. The summed E-state index contributed by atoms with van der Waals surface area (Å²) in [6.45, 7) is 8.99. The third-order valence-corrected chi connectivity index (χ3v) is 4.98. The van der Waals surface area contributed by atoms with Crippen molar-refractivity contribution in [1.82, 2.24) is 19.2 Å². The van der Waals surface area contributed by atoms with E-state index in [2.05, 4.69) is 23.7 Å². The number of carbonyl (C=O) groups is 1. The van der Waals surface area contributed by atoms with Gasteiger partial charge in [-0.05, 0) is 12.0 Å². The molecule has 0 N–H and O–H groups in total. The Morgan fingerprint density at radius 2 is 2.13 bits per heavy atom. The predicted octanol–water partition coefficient (Wildman–Crippen LogP) is 2.86. The van der Waals surface area contributed by atoms with Crippen LogP contribution in [0, 0.1) is 5.92 Å². The summed E-state index contributed by atoms with van der Waals surface area (Å²) < 4.78 is 1.90. The number of aromatic nitrogens is 2. The highest BCUT2D eigenvalue weighted by molar-refractivity contribution is 7.15. The summed E-state index contributed by atoms with van der Waals surface area (Å²) in [5, 5.41) is 2.38. The molecule has 1 amide bonds. The lowest BCUT2D eigenvalue weighted by Crippen LogP contribution is -2.49. The van der Waals surface area contributed by atoms with Gasteiger partial charge in [0.1, 0.15) is 0 Å². The Hall–Kier alpha value is -1.37. The van der Waals surface area contributed by atoms with Crippen molar-refractivity contribution in [2.75, 3.05) is 32.7 Å². The van der Waals surface area contributed by atoms with Crippen LogP contribution in [0.5, 0.6) is 0 Å². The molecule has 1 aliphatic rings. The Kier molecular flexibility index (Phi) is 5.04. The van der Waals surface area contributed by atoms with Crippen molar-refractivity contribution in [3.8, 4) is 0 Å². The van der Waals surface area contributed by atoms with E-state index in [1.165, 1.54) is 11.3 Å². The minimum atomic E-state index is 0.0374. The number of imidazole rings is 1. The van der Waals surface area contributed by atoms with Crippen LogP contribution >= 0.6 is 22.9 Å². The van der Waals surface area contributed by atoms with Gasteiger partial charge in [0.25, 0.3) is 0 Å². The fraction of sp³-hybridized carbons (Fsp3) is 0.500. The first-order chi connectivity index (χ1) is 11.0. The fourth-order valence-corrected chi connectivity index (χ4v) is 3.85. The topological polar surface area (TPSA) is 40.8 Å². The van der Waals surface area contributed by atoms with Crippen LogP contribution in [-0.2, 0) is 4.79 Å². The molecule has 5 nitrogen and oxygen atoms in total. The summed E-state index contributed by atoms with van der Waals surface area (Å²) in [7, 11) is 0.